The van der Waals surface area contributed by atoms with Crippen LogP contribution in [0.3, 0.4) is 0 Å². The topological polar surface area (TPSA) is 9.23 Å². The van der Waals surface area contributed by atoms with E-state index in [9.17, 15) is 0 Å². The third-order valence-electron chi connectivity index (χ3n) is 4.72. The molecular formula is C25H18BrClO. The van der Waals surface area contributed by atoms with Gasteiger partial charge in [-0.3, -0.25) is 0 Å². The Kier molecular flexibility index (Phi) is 5.52. The van der Waals surface area contributed by atoms with Gasteiger partial charge in [0.05, 0.1) is 7.11 Å². The molecule has 0 radical (unpaired) electrons. The lowest BCUT2D eigenvalue weighted by atomic mass is 9.93. The molecule has 0 unspecified atom stereocenters. The van der Waals surface area contributed by atoms with E-state index in [0.717, 1.165) is 48.6 Å². The minimum absolute atomic E-state index is 0.734. The predicted octanol–water partition coefficient (Wildman–Crippen LogP) is 8.11. The first-order valence-corrected chi connectivity index (χ1v) is 10.1. The van der Waals surface area contributed by atoms with Gasteiger partial charge in [-0.2, -0.15) is 0 Å². The van der Waals surface area contributed by atoms with E-state index in [2.05, 4.69) is 52.3 Å². The number of hydrogen-bond acceptors (Lipinski definition) is 1. The van der Waals surface area contributed by atoms with Crippen LogP contribution in [-0.4, -0.2) is 7.11 Å². The quantitative estimate of drug-likeness (QED) is 0.306. The van der Waals surface area contributed by atoms with E-state index in [0.29, 0.717) is 0 Å². The van der Waals surface area contributed by atoms with E-state index in [4.69, 9.17) is 16.3 Å². The van der Waals surface area contributed by atoms with Gasteiger partial charge in [-0.25, -0.2) is 0 Å². The molecule has 1 nitrogen and oxygen atoms in total. The Morgan fingerprint density at radius 1 is 0.643 bits per heavy atom. The van der Waals surface area contributed by atoms with Crippen LogP contribution in [0.15, 0.2) is 95.5 Å². The van der Waals surface area contributed by atoms with E-state index >= 15 is 0 Å². The zero-order valence-electron chi connectivity index (χ0n) is 15.3. The van der Waals surface area contributed by atoms with Crippen molar-refractivity contribution in [3.05, 3.63) is 100 Å². The van der Waals surface area contributed by atoms with Gasteiger partial charge in [0.1, 0.15) is 5.75 Å². The summed E-state index contributed by atoms with van der Waals surface area (Å²) < 4.78 is 6.66. The maximum absolute atomic E-state index is 6.51. The molecule has 4 rings (SSSR count). The summed E-state index contributed by atoms with van der Waals surface area (Å²) in [6.45, 7) is 0. The van der Waals surface area contributed by atoms with Crippen LogP contribution in [0.25, 0.3) is 33.4 Å². The van der Waals surface area contributed by atoms with Crippen molar-refractivity contribution in [1.29, 1.82) is 0 Å². The number of para-hydroxylation sites is 1. The Balaban J connectivity index is 1.99. The van der Waals surface area contributed by atoms with Crippen LogP contribution < -0.4 is 4.74 Å². The number of rotatable bonds is 4. The second-order valence-corrected chi connectivity index (χ2v) is 7.72. The monoisotopic (exact) mass is 448 g/mol. The van der Waals surface area contributed by atoms with Crippen molar-refractivity contribution in [2.45, 2.75) is 0 Å². The van der Waals surface area contributed by atoms with Gasteiger partial charge in [-0.15, -0.1) is 0 Å². The molecule has 0 N–H and O–H groups in total. The van der Waals surface area contributed by atoms with Crippen LogP contribution >= 0.6 is 27.5 Å². The third kappa shape index (κ3) is 3.71. The normalized spacial score (nSPS) is 10.7. The average Bonchev–Trinajstić information content (AvgIpc) is 2.74. The van der Waals surface area contributed by atoms with Gasteiger partial charge in [0.15, 0.2) is 0 Å². The molecule has 0 spiro atoms. The third-order valence-corrected chi connectivity index (χ3v) is 5.74. The highest BCUT2D eigenvalue weighted by Gasteiger charge is 2.13. The molecule has 4 aromatic rings. The molecule has 0 aliphatic carbocycles. The van der Waals surface area contributed by atoms with Gasteiger partial charge in [-0.05, 0) is 58.7 Å². The lowest BCUT2D eigenvalue weighted by molar-refractivity contribution is 0.416. The smallest absolute Gasteiger partial charge is 0.126 e. The summed E-state index contributed by atoms with van der Waals surface area (Å²) in [4.78, 5) is 0. The minimum Gasteiger partial charge on any atom is -0.496 e. The van der Waals surface area contributed by atoms with E-state index in [1.165, 1.54) is 0 Å². The number of hydrogen-bond donors (Lipinski definition) is 0. The highest BCUT2D eigenvalue weighted by Crippen LogP contribution is 2.39. The number of halogens is 2. The SMILES string of the molecule is COc1ccccc1-c1cc(-c2ccccc2Cl)cc(-c2ccccc2Br)c1. The lowest BCUT2D eigenvalue weighted by Crippen LogP contribution is -1.90. The molecule has 0 amide bonds. The van der Waals surface area contributed by atoms with E-state index in [1.54, 1.807) is 7.11 Å². The Morgan fingerprint density at radius 3 is 1.79 bits per heavy atom. The maximum Gasteiger partial charge on any atom is 0.126 e. The number of methoxy groups -OCH3 is 1. The molecule has 138 valence electrons. The van der Waals surface area contributed by atoms with E-state index in [-0.39, 0.29) is 0 Å². The fourth-order valence-corrected chi connectivity index (χ4v) is 4.13. The van der Waals surface area contributed by atoms with Crippen molar-refractivity contribution in [3.8, 4) is 39.1 Å². The Labute approximate surface area is 178 Å². The molecule has 0 aromatic heterocycles. The summed E-state index contributed by atoms with van der Waals surface area (Å²) in [5.74, 6) is 0.844. The lowest BCUT2D eigenvalue weighted by Gasteiger charge is -2.14. The number of benzene rings is 4. The summed E-state index contributed by atoms with van der Waals surface area (Å²) in [6, 6.07) is 30.8. The molecule has 28 heavy (non-hydrogen) atoms. The first-order valence-electron chi connectivity index (χ1n) is 8.95. The van der Waals surface area contributed by atoms with E-state index in [1.807, 2.05) is 54.6 Å². The fourth-order valence-electron chi connectivity index (χ4n) is 3.37. The largest absolute Gasteiger partial charge is 0.496 e. The second kappa shape index (κ2) is 8.22. The first-order chi connectivity index (χ1) is 13.7. The summed E-state index contributed by atoms with van der Waals surface area (Å²) in [5, 5.41) is 0.734. The van der Waals surface area contributed by atoms with Crippen molar-refractivity contribution >= 4 is 27.5 Å². The Hall–Kier alpha value is -2.55. The molecule has 0 aliphatic heterocycles. The van der Waals surface area contributed by atoms with Crippen LogP contribution in [0.5, 0.6) is 5.75 Å². The van der Waals surface area contributed by atoms with Crippen molar-refractivity contribution in [2.24, 2.45) is 0 Å². The summed E-state index contributed by atoms with van der Waals surface area (Å²) in [6.07, 6.45) is 0. The minimum atomic E-state index is 0.734. The first kappa shape index (κ1) is 18.8. The summed E-state index contributed by atoms with van der Waals surface area (Å²) in [7, 11) is 1.70. The molecule has 0 fully saturated rings. The van der Waals surface area contributed by atoms with Gasteiger partial charge in [0.25, 0.3) is 0 Å². The summed E-state index contributed by atoms with van der Waals surface area (Å²) >= 11 is 10.2. The molecule has 0 bridgehead atoms. The van der Waals surface area contributed by atoms with Crippen LogP contribution in [0, 0.1) is 0 Å². The van der Waals surface area contributed by atoms with Crippen LogP contribution in [0.4, 0.5) is 0 Å². The number of ether oxygens (including phenoxy) is 1. The van der Waals surface area contributed by atoms with Crippen LogP contribution in [0.1, 0.15) is 0 Å². The molecular weight excluding hydrogens is 432 g/mol. The fraction of sp³-hybridized carbons (Fsp3) is 0.0400. The average molecular weight is 450 g/mol. The van der Waals surface area contributed by atoms with Gasteiger partial charge < -0.3 is 4.74 Å². The highest BCUT2D eigenvalue weighted by atomic mass is 79.9. The van der Waals surface area contributed by atoms with Crippen molar-refractivity contribution in [2.75, 3.05) is 7.11 Å². The molecule has 3 heteroatoms. The van der Waals surface area contributed by atoms with Crippen molar-refractivity contribution < 1.29 is 4.74 Å². The summed E-state index contributed by atoms with van der Waals surface area (Å²) in [5.41, 5.74) is 6.46. The predicted molar refractivity (Wildman–Crippen MR) is 122 cm³/mol. The van der Waals surface area contributed by atoms with Gasteiger partial charge >= 0.3 is 0 Å². The van der Waals surface area contributed by atoms with Crippen LogP contribution in [-0.2, 0) is 0 Å². The van der Waals surface area contributed by atoms with Crippen molar-refractivity contribution in [3.63, 3.8) is 0 Å². The Bertz CT molecular complexity index is 1070. The zero-order valence-corrected chi connectivity index (χ0v) is 17.7. The maximum atomic E-state index is 6.51. The molecule has 0 saturated carbocycles. The molecule has 0 atom stereocenters. The van der Waals surface area contributed by atoms with Gasteiger partial charge in [0.2, 0.25) is 0 Å². The highest BCUT2D eigenvalue weighted by molar-refractivity contribution is 9.10. The second-order valence-electron chi connectivity index (χ2n) is 6.46. The van der Waals surface area contributed by atoms with E-state index < -0.39 is 0 Å². The Morgan fingerprint density at radius 2 is 1.14 bits per heavy atom. The van der Waals surface area contributed by atoms with Crippen molar-refractivity contribution in [1.82, 2.24) is 0 Å². The van der Waals surface area contributed by atoms with Gasteiger partial charge in [0, 0.05) is 20.6 Å². The van der Waals surface area contributed by atoms with Gasteiger partial charge in [-0.1, -0.05) is 82.1 Å². The molecule has 0 aliphatic rings. The van der Waals surface area contributed by atoms with Crippen LogP contribution in [0.2, 0.25) is 5.02 Å². The molecule has 4 aromatic carbocycles. The standard InChI is InChI=1S/C25H18BrClO/c1-28-25-13-7-4-10-22(25)19-15-17(20-8-2-5-11-23(20)26)14-18(16-19)21-9-3-6-12-24(21)27/h2-16H,1H3. The molecule has 0 heterocycles. The molecule has 0 saturated heterocycles. The zero-order chi connectivity index (χ0) is 19.5.